The van der Waals surface area contributed by atoms with E-state index in [1.54, 1.807) is 26.2 Å². The van der Waals surface area contributed by atoms with Crippen molar-refractivity contribution in [3.63, 3.8) is 0 Å². The van der Waals surface area contributed by atoms with Gasteiger partial charge in [0.1, 0.15) is 17.0 Å². The van der Waals surface area contributed by atoms with Gasteiger partial charge >= 0.3 is 6.03 Å². The van der Waals surface area contributed by atoms with Crippen molar-refractivity contribution in [3.05, 3.63) is 103 Å². The zero-order valence-electron chi connectivity index (χ0n) is 21.2. The van der Waals surface area contributed by atoms with Gasteiger partial charge in [-0.15, -0.1) is 0 Å². The molecule has 1 fully saturated rings. The number of nitro benzene ring substituents is 1. The first-order valence-corrected chi connectivity index (χ1v) is 12.9. The minimum absolute atomic E-state index is 0.114. The maximum absolute atomic E-state index is 14.7. The van der Waals surface area contributed by atoms with Crippen LogP contribution in [0.2, 0.25) is 0 Å². The molecule has 3 aromatic rings. The molecule has 0 spiro atoms. The van der Waals surface area contributed by atoms with Crippen molar-refractivity contribution in [2.75, 3.05) is 25.5 Å². The lowest BCUT2D eigenvalue weighted by atomic mass is 9.92. The van der Waals surface area contributed by atoms with E-state index in [0.717, 1.165) is 23.1 Å². The van der Waals surface area contributed by atoms with E-state index in [0.29, 0.717) is 16.0 Å². The zero-order valence-corrected chi connectivity index (χ0v) is 22.0. The number of carbonyl (C=O) groups is 2. The average Bonchev–Trinajstić information content (AvgIpc) is 3.27. The van der Waals surface area contributed by atoms with E-state index < -0.39 is 51.9 Å². The zero-order chi connectivity index (χ0) is 28.7. The van der Waals surface area contributed by atoms with Crippen molar-refractivity contribution in [1.82, 2.24) is 20.0 Å². The number of likely N-dealkylation sites (N-methyl/N-ethyl adjacent to an activating group) is 1. The molecule has 2 aliphatic heterocycles. The molecule has 1 aromatic heterocycles. The molecule has 2 unspecified atom stereocenters. The molecule has 5 rings (SSSR count). The summed E-state index contributed by atoms with van der Waals surface area (Å²) in [5.41, 5.74) is 0.204. The number of hydrogen-bond acceptors (Lipinski definition) is 8. The highest BCUT2D eigenvalue weighted by Crippen LogP contribution is 2.52. The second-order valence-electron chi connectivity index (χ2n) is 9.45. The molecule has 0 radical (unpaired) electrons. The Morgan fingerprint density at radius 1 is 1.05 bits per heavy atom. The highest BCUT2D eigenvalue weighted by atomic mass is 32.2. The molecule has 3 amide bonds. The number of nitrogens with one attached hydrogen (secondary N) is 1. The molecule has 1 saturated heterocycles. The number of hydrogen-bond donors (Lipinski definition) is 1. The highest BCUT2D eigenvalue weighted by molar-refractivity contribution is 8.09. The molecule has 0 bridgehead atoms. The second-order valence-corrected chi connectivity index (χ2v) is 10.6. The van der Waals surface area contributed by atoms with Gasteiger partial charge < -0.3 is 9.80 Å². The highest BCUT2D eigenvalue weighted by Gasteiger charge is 2.53. The summed E-state index contributed by atoms with van der Waals surface area (Å²) in [4.78, 5) is 54.5. The van der Waals surface area contributed by atoms with Crippen molar-refractivity contribution >= 4 is 40.1 Å². The maximum atomic E-state index is 14.7. The summed E-state index contributed by atoms with van der Waals surface area (Å²) in [6.45, 7) is -0.198. The number of thioether (sulfide) groups is 1. The first kappa shape index (κ1) is 27.1. The number of amides is 3. The number of anilines is 1. The number of aromatic amines is 1. The summed E-state index contributed by atoms with van der Waals surface area (Å²) in [7, 11) is 3.59. The number of benzene rings is 2. The van der Waals surface area contributed by atoms with Gasteiger partial charge in [0.25, 0.3) is 11.2 Å². The molecule has 14 heteroatoms. The maximum Gasteiger partial charge on any atom is 0.333 e. The molecule has 2 aromatic carbocycles. The van der Waals surface area contributed by atoms with E-state index in [1.165, 1.54) is 40.9 Å². The standard InChI is InChI=1S/C26H22F2N6O5S/c1-31(2)12-17-22-24(36)33(20-10-11-21(35)30-29-20)26(37)32(13-16-18(27)4-3-5-19(16)28)25(22)40-23(17)14-6-8-15(9-7-14)34(38)39/h3-11,22,25H,12-13H2,1-2H3,(H,30,35). The monoisotopic (exact) mass is 568 g/mol. The number of urea groups is 1. The second kappa shape index (κ2) is 10.6. The molecule has 0 saturated carbocycles. The number of H-pyrrole nitrogens is 1. The van der Waals surface area contributed by atoms with Gasteiger partial charge in [-0.3, -0.25) is 19.7 Å². The SMILES string of the molecule is CN(C)CC1=C(c2ccc([N+](=O)[O-])cc2)SC2C1C(=O)N(c1ccc(=O)[nH]n1)C(=O)N2Cc1c(F)cccc1F. The third kappa shape index (κ3) is 4.86. The lowest BCUT2D eigenvalue weighted by molar-refractivity contribution is -0.384. The quantitative estimate of drug-likeness (QED) is 0.338. The lowest BCUT2D eigenvalue weighted by Gasteiger charge is -2.42. The number of halogens is 2. The van der Waals surface area contributed by atoms with Crippen LogP contribution in [0.5, 0.6) is 0 Å². The Morgan fingerprint density at radius 3 is 2.30 bits per heavy atom. The first-order chi connectivity index (χ1) is 19.1. The number of non-ortho nitro benzene ring substituents is 1. The van der Waals surface area contributed by atoms with Crippen LogP contribution in [0.15, 0.2) is 65.0 Å². The summed E-state index contributed by atoms with van der Waals surface area (Å²) >= 11 is 1.18. The topological polar surface area (TPSA) is 133 Å². The number of rotatable bonds is 7. The largest absolute Gasteiger partial charge is 0.333 e. The van der Waals surface area contributed by atoms with Gasteiger partial charge in [-0.05, 0) is 55.6 Å². The predicted octanol–water partition coefficient (Wildman–Crippen LogP) is 3.59. The summed E-state index contributed by atoms with van der Waals surface area (Å²) in [5.74, 6) is -3.42. The summed E-state index contributed by atoms with van der Waals surface area (Å²) < 4.78 is 29.4. The van der Waals surface area contributed by atoms with Gasteiger partial charge in [-0.1, -0.05) is 17.8 Å². The van der Waals surface area contributed by atoms with E-state index in [2.05, 4.69) is 10.2 Å². The fraction of sp³-hybridized carbons (Fsp3) is 0.231. The summed E-state index contributed by atoms with van der Waals surface area (Å²) in [6.07, 6.45) is 0. The Balaban J connectivity index is 1.65. The molecular formula is C26H22F2N6O5S. The smallest absolute Gasteiger partial charge is 0.306 e. The number of nitro groups is 1. The molecule has 40 heavy (non-hydrogen) atoms. The van der Waals surface area contributed by atoms with Crippen LogP contribution in [0.1, 0.15) is 11.1 Å². The Bertz CT molecular complexity index is 1570. The van der Waals surface area contributed by atoms with Crippen LogP contribution in [-0.2, 0) is 11.3 Å². The predicted molar refractivity (Wildman–Crippen MR) is 143 cm³/mol. The Kier molecular flexibility index (Phi) is 7.21. The van der Waals surface area contributed by atoms with Crippen LogP contribution in [0.3, 0.4) is 0 Å². The minimum Gasteiger partial charge on any atom is -0.306 e. The van der Waals surface area contributed by atoms with Gasteiger partial charge in [-0.25, -0.2) is 23.6 Å². The number of fused-ring (bicyclic) bond motifs is 1. The first-order valence-electron chi connectivity index (χ1n) is 12.0. The summed E-state index contributed by atoms with van der Waals surface area (Å²) in [5, 5.41) is 16.4. The molecule has 206 valence electrons. The number of carbonyl (C=O) groups excluding carboxylic acids is 2. The normalized spacial score (nSPS) is 19.0. The van der Waals surface area contributed by atoms with Crippen molar-refractivity contribution in [2.24, 2.45) is 5.92 Å². The van der Waals surface area contributed by atoms with Crippen molar-refractivity contribution < 1.29 is 23.3 Å². The molecular weight excluding hydrogens is 546 g/mol. The van der Waals surface area contributed by atoms with Crippen LogP contribution in [-0.4, -0.2) is 62.9 Å². The van der Waals surface area contributed by atoms with Crippen LogP contribution in [0, 0.1) is 27.7 Å². The molecule has 3 heterocycles. The van der Waals surface area contributed by atoms with E-state index in [-0.39, 0.29) is 23.6 Å². The van der Waals surface area contributed by atoms with Gasteiger partial charge in [0.15, 0.2) is 5.82 Å². The number of aromatic nitrogens is 2. The van der Waals surface area contributed by atoms with Gasteiger partial charge in [-0.2, -0.15) is 5.10 Å². The number of nitrogens with zero attached hydrogens (tertiary/aromatic N) is 5. The van der Waals surface area contributed by atoms with Crippen molar-refractivity contribution in [3.8, 4) is 0 Å². The summed E-state index contributed by atoms with van der Waals surface area (Å²) in [6, 6.07) is 10.6. The van der Waals surface area contributed by atoms with Gasteiger partial charge in [0.05, 0.1) is 17.4 Å². The minimum atomic E-state index is -0.946. The Morgan fingerprint density at radius 2 is 1.73 bits per heavy atom. The van der Waals surface area contributed by atoms with Crippen LogP contribution >= 0.6 is 11.8 Å². The molecule has 2 aliphatic rings. The van der Waals surface area contributed by atoms with E-state index in [4.69, 9.17) is 0 Å². The average molecular weight is 569 g/mol. The van der Waals surface area contributed by atoms with Gasteiger partial charge in [0, 0.05) is 35.2 Å². The van der Waals surface area contributed by atoms with Crippen LogP contribution < -0.4 is 10.5 Å². The fourth-order valence-electron chi connectivity index (χ4n) is 4.75. The third-order valence-corrected chi connectivity index (χ3v) is 8.03. The van der Waals surface area contributed by atoms with Crippen LogP contribution in [0.25, 0.3) is 4.91 Å². The lowest BCUT2D eigenvalue weighted by Crippen LogP contribution is -2.60. The molecule has 0 aliphatic carbocycles. The third-order valence-electron chi connectivity index (χ3n) is 6.53. The van der Waals surface area contributed by atoms with E-state index in [9.17, 15) is 33.3 Å². The number of imide groups is 1. The Labute approximate surface area is 230 Å². The molecule has 11 nitrogen and oxygen atoms in total. The van der Waals surface area contributed by atoms with E-state index >= 15 is 0 Å². The van der Waals surface area contributed by atoms with Crippen LogP contribution in [0.4, 0.5) is 25.1 Å². The molecule has 1 N–H and O–H groups in total. The molecule has 2 atom stereocenters. The van der Waals surface area contributed by atoms with E-state index in [1.807, 2.05) is 4.90 Å². The van der Waals surface area contributed by atoms with Gasteiger partial charge in [0.2, 0.25) is 5.91 Å². The fourth-order valence-corrected chi connectivity index (χ4v) is 6.31. The Hall–Kier alpha value is -4.43. The van der Waals surface area contributed by atoms with Crippen molar-refractivity contribution in [2.45, 2.75) is 11.9 Å². The van der Waals surface area contributed by atoms with Crippen molar-refractivity contribution in [1.29, 1.82) is 0 Å².